The van der Waals surface area contributed by atoms with Crippen molar-refractivity contribution in [2.45, 2.75) is 124 Å². The molecular weight excluding hydrogens is 586 g/mol. The summed E-state index contributed by atoms with van der Waals surface area (Å²) in [5, 5.41) is 11.5. The lowest BCUT2D eigenvalue weighted by Crippen LogP contribution is -2.63. The first kappa shape index (κ1) is 37.5. The van der Waals surface area contributed by atoms with E-state index >= 15 is 0 Å². The predicted molar refractivity (Wildman–Crippen MR) is 178 cm³/mol. The SMILES string of the molecule is C=CCNC(=O)C(=O)C(CCCC)NC(=O)[C@@H]1C2C(CN1C(=O)[C@@H](NC(=O)N[C@H](COC)C(C)(C)C)C1(C)CCCCC1)C2(C)C. The molecule has 1 heterocycles. The van der Waals surface area contributed by atoms with Gasteiger partial charge < -0.3 is 30.9 Å². The number of amides is 5. The van der Waals surface area contributed by atoms with E-state index in [1.54, 1.807) is 12.0 Å². The lowest BCUT2D eigenvalue weighted by atomic mass is 9.70. The highest BCUT2D eigenvalue weighted by atomic mass is 16.5. The zero-order valence-corrected chi connectivity index (χ0v) is 29.4. The van der Waals surface area contributed by atoms with Crippen molar-refractivity contribution in [1.82, 2.24) is 26.2 Å². The smallest absolute Gasteiger partial charge is 0.315 e. The van der Waals surface area contributed by atoms with E-state index in [1.807, 2.05) is 27.7 Å². The number of methoxy groups -OCH3 is 1. The van der Waals surface area contributed by atoms with Crippen LogP contribution in [0.1, 0.15) is 99.8 Å². The fraction of sp³-hybridized carbons (Fsp3) is 0.800. The molecule has 3 rings (SSSR count). The number of Topliss-reactive ketones (excluding diaryl/α,β-unsaturated/α-hetero) is 1. The highest BCUT2D eigenvalue weighted by molar-refractivity contribution is 6.38. The number of ether oxygens (including phenoxy) is 1. The van der Waals surface area contributed by atoms with E-state index in [0.717, 1.165) is 38.5 Å². The normalized spacial score (nSPS) is 24.9. The first-order valence-corrected chi connectivity index (χ1v) is 17.1. The molecule has 0 radical (unpaired) electrons. The Bertz CT molecular complexity index is 1140. The number of piperidine rings is 1. The predicted octanol–water partition coefficient (Wildman–Crippen LogP) is 3.72. The van der Waals surface area contributed by atoms with Crippen molar-refractivity contribution in [3.8, 4) is 0 Å². The maximum absolute atomic E-state index is 14.6. The third-order valence-corrected chi connectivity index (χ3v) is 10.8. The van der Waals surface area contributed by atoms with Gasteiger partial charge in [0, 0.05) is 20.2 Å². The lowest BCUT2D eigenvalue weighted by Gasteiger charge is -2.43. The van der Waals surface area contributed by atoms with Gasteiger partial charge in [0.2, 0.25) is 17.6 Å². The Labute approximate surface area is 275 Å². The molecule has 4 N–H and O–H groups in total. The van der Waals surface area contributed by atoms with Crippen LogP contribution in [0, 0.1) is 28.1 Å². The van der Waals surface area contributed by atoms with Crippen molar-refractivity contribution in [1.29, 1.82) is 0 Å². The third kappa shape index (κ3) is 8.49. The molecule has 1 aliphatic heterocycles. The Balaban J connectivity index is 1.90. The zero-order valence-electron chi connectivity index (χ0n) is 29.4. The summed E-state index contributed by atoms with van der Waals surface area (Å²) in [4.78, 5) is 69.6. The minimum Gasteiger partial charge on any atom is -0.383 e. The van der Waals surface area contributed by atoms with Gasteiger partial charge in [0.1, 0.15) is 12.1 Å². The van der Waals surface area contributed by atoms with Crippen LogP contribution in [0.15, 0.2) is 12.7 Å². The van der Waals surface area contributed by atoms with Gasteiger partial charge in [0.25, 0.3) is 5.91 Å². The average Bonchev–Trinajstić information content (AvgIpc) is 3.30. The number of hydrogen-bond acceptors (Lipinski definition) is 6. The Morgan fingerprint density at radius 2 is 1.67 bits per heavy atom. The third-order valence-electron chi connectivity index (χ3n) is 10.8. The standard InChI is InChI=1S/C35H59N5O6/c1-10-12-16-23(27(41)30(43)36-19-11-2)37-29(42)26-25-22(34(25,6)7)20-40(26)31(44)28(35(8)17-14-13-15-18-35)39-32(45)38-24(21-46-9)33(3,4)5/h11,22-26,28H,2,10,12-21H2,1,3-9H3,(H,36,43)(H,37,42)(H2,38,39,45)/t22?,23?,24-,25?,26+,28-/m1/s1. The van der Waals surface area contributed by atoms with E-state index in [1.165, 1.54) is 6.08 Å². The molecule has 3 unspecified atom stereocenters. The number of fused-ring (bicyclic) bond motifs is 1. The molecule has 46 heavy (non-hydrogen) atoms. The average molecular weight is 646 g/mol. The second-order valence-electron chi connectivity index (χ2n) is 15.6. The number of ketones is 1. The summed E-state index contributed by atoms with van der Waals surface area (Å²) in [6, 6.07) is -3.37. The molecule has 0 aromatic heterocycles. The fourth-order valence-electron chi connectivity index (χ4n) is 7.51. The summed E-state index contributed by atoms with van der Waals surface area (Å²) in [7, 11) is 1.59. The van der Waals surface area contributed by atoms with E-state index in [2.05, 4.69) is 48.6 Å². The second kappa shape index (κ2) is 15.3. The van der Waals surface area contributed by atoms with E-state index in [4.69, 9.17) is 4.74 Å². The highest BCUT2D eigenvalue weighted by Crippen LogP contribution is 2.65. The zero-order chi connectivity index (χ0) is 34.4. The van der Waals surface area contributed by atoms with Crippen molar-refractivity contribution in [3.63, 3.8) is 0 Å². The molecule has 5 amide bonds. The van der Waals surface area contributed by atoms with Gasteiger partial charge in [-0.2, -0.15) is 0 Å². The molecule has 6 atom stereocenters. The quantitative estimate of drug-likeness (QED) is 0.158. The van der Waals surface area contributed by atoms with E-state index in [-0.39, 0.29) is 41.2 Å². The Hall–Kier alpha value is -2.95. The number of carbonyl (C=O) groups is 5. The van der Waals surface area contributed by atoms with Gasteiger partial charge >= 0.3 is 6.03 Å². The van der Waals surface area contributed by atoms with Crippen molar-refractivity contribution < 1.29 is 28.7 Å². The molecule has 11 heteroatoms. The monoisotopic (exact) mass is 645 g/mol. The number of likely N-dealkylation sites (tertiary alicyclic amines) is 1. The number of rotatable bonds is 15. The van der Waals surface area contributed by atoms with Crippen LogP contribution < -0.4 is 21.3 Å². The number of nitrogens with zero attached hydrogens (tertiary/aromatic N) is 1. The number of carbonyl (C=O) groups excluding carboxylic acids is 5. The first-order valence-electron chi connectivity index (χ1n) is 17.1. The van der Waals surface area contributed by atoms with Crippen molar-refractivity contribution in [3.05, 3.63) is 12.7 Å². The minimum absolute atomic E-state index is 0.0893. The number of urea groups is 1. The van der Waals surface area contributed by atoms with E-state index in [9.17, 15) is 24.0 Å². The summed E-state index contributed by atoms with van der Waals surface area (Å²) < 4.78 is 5.37. The summed E-state index contributed by atoms with van der Waals surface area (Å²) in [5.74, 6) is -2.15. The van der Waals surface area contributed by atoms with Crippen LogP contribution >= 0.6 is 0 Å². The topological polar surface area (TPSA) is 146 Å². The molecule has 260 valence electrons. The molecule has 3 fully saturated rings. The summed E-state index contributed by atoms with van der Waals surface area (Å²) in [6.07, 6.45) is 7.78. The van der Waals surface area contributed by atoms with Crippen LogP contribution in [0.5, 0.6) is 0 Å². The van der Waals surface area contributed by atoms with Crippen LogP contribution in [0.2, 0.25) is 0 Å². The summed E-state index contributed by atoms with van der Waals surface area (Å²) in [6.45, 7) is 18.7. The van der Waals surface area contributed by atoms with E-state index < -0.39 is 47.2 Å². The summed E-state index contributed by atoms with van der Waals surface area (Å²) in [5.41, 5.74) is -0.920. The van der Waals surface area contributed by atoms with Gasteiger partial charge in [-0.1, -0.05) is 86.6 Å². The lowest BCUT2D eigenvalue weighted by molar-refractivity contribution is -0.146. The van der Waals surface area contributed by atoms with Crippen molar-refractivity contribution in [2.24, 2.45) is 28.1 Å². The van der Waals surface area contributed by atoms with Crippen LogP contribution in [0.3, 0.4) is 0 Å². The molecule has 2 aliphatic carbocycles. The van der Waals surface area contributed by atoms with Crippen LogP contribution in [0.4, 0.5) is 4.79 Å². The van der Waals surface area contributed by atoms with Gasteiger partial charge in [-0.3, -0.25) is 19.2 Å². The number of hydrogen-bond donors (Lipinski definition) is 4. The van der Waals surface area contributed by atoms with Crippen LogP contribution in [-0.2, 0) is 23.9 Å². The van der Waals surface area contributed by atoms with Crippen molar-refractivity contribution >= 4 is 29.5 Å². The second-order valence-corrected chi connectivity index (χ2v) is 15.6. The molecule has 2 saturated carbocycles. The van der Waals surface area contributed by atoms with Gasteiger partial charge in [0.05, 0.1) is 18.7 Å². The number of unbranched alkanes of at least 4 members (excludes halogenated alkanes) is 1. The molecule has 0 aromatic rings. The minimum atomic E-state index is -0.999. The molecular formula is C35H59N5O6. The fourth-order valence-corrected chi connectivity index (χ4v) is 7.51. The molecule has 0 bridgehead atoms. The number of nitrogens with one attached hydrogen (secondary N) is 4. The van der Waals surface area contributed by atoms with Crippen molar-refractivity contribution in [2.75, 3.05) is 26.8 Å². The molecule has 11 nitrogen and oxygen atoms in total. The molecule has 3 aliphatic rings. The van der Waals surface area contributed by atoms with Crippen LogP contribution in [-0.4, -0.2) is 85.4 Å². The Morgan fingerprint density at radius 1 is 1.02 bits per heavy atom. The van der Waals surface area contributed by atoms with Crippen LogP contribution in [0.25, 0.3) is 0 Å². The maximum Gasteiger partial charge on any atom is 0.315 e. The highest BCUT2D eigenvalue weighted by Gasteiger charge is 2.70. The van der Waals surface area contributed by atoms with Gasteiger partial charge in [-0.05, 0) is 47.3 Å². The van der Waals surface area contributed by atoms with Gasteiger partial charge in [-0.25, -0.2) is 4.79 Å². The molecule has 1 saturated heterocycles. The van der Waals surface area contributed by atoms with Gasteiger partial charge in [-0.15, -0.1) is 6.58 Å². The summed E-state index contributed by atoms with van der Waals surface area (Å²) >= 11 is 0. The Kier molecular flexibility index (Phi) is 12.5. The van der Waals surface area contributed by atoms with Gasteiger partial charge in [0.15, 0.2) is 0 Å². The maximum atomic E-state index is 14.6. The molecule has 0 spiro atoms. The largest absolute Gasteiger partial charge is 0.383 e. The Morgan fingerprint density at radius 3 is 2.24 bits per heavy atom. The first-order chi connectivity index (χ1) is 21.5. The molecule has 0 aromatic carbocycles. The van der Waals surface area contributed by atoms with E-state index in [0.29, 0.717) is 26.0 Å².